The molecule has 4 atom stereocenters. The largest absolute Gasteiger partial charge is 0.410 e. The van der Waals surface area contributed by atoms with Crippen molar-refractivity contribution in [3.8, 4) is 22.5 Å². The Morgan fingerprint density at radius 2 is 1.56 bits per heavy atom. The Bertz CT molecular complexity index is 3340. The number of pyridine rings is 2. The van der Waals surface area contributed by atoms with E-state index in [-0.39, 0.29) is 23.9 Å². The van der Waals surface area contributed by atoms with Gasteiger partial charge in [0.25, 0.3) is 10.9 Å². The van der Waals surface area contributed by atoms with E-state index in [9.17, 15) is 8.78 Å². The number of H-pyrrole nitrogens is 2. The van der Waals surface area contributed by atoms with Gasteiger partial charge in [0.1, 0.15) is 55.1 Å². The van der Waals surface area contributed by atoms with Crippen LogP contribution in [0.3, 0.4) is 0 Å². The van der Waals surface area contributed by atoms with E-state index in [0.29, 0.717) is 35.6 Å². The molecule has 23 heteroatoms. The van der Waals surface area contributed by atoms with Gasteiger partial charge < -0.3 is 38.3 Å². The fourth-order valence-electron chi connectivity index (χ4n) is 9.06. The fraction of sp³-hybridized carbons (Fsp3) is 0.375. The molecule has 0 radical (unpaired) electrons. The number of aromatic amines is 2. The smallest absolute Gasteiger partial charge is 0.299 e. The Kier molecular flexibility index (Phi) is 14.1. The van der Waals surface area contributed by atoms with E-state index in [1.165, 1.54) is 6.33 Å². The fourth-order valence-corrected chi connectivity index (χ4v) is 10.0. The summed E-state index contributed by atoms with van der Waals surface area (Å²) in [5, 5.41) is 14.1. The van der Waals surface area contributed by atoms with Crippen molar-refractivity contribution in [1.82, 2.24) is 74.3 Å². The van der Waals surface area contributed by atoms with E-state index in [4.69, 9.17) is 25.8 Å². The first-order chi connectivity index (χ1) is 34.6. The van der Waals surface area contributed by atoms with E-state index < -0.39 is 21.4 Å². The molecule has 0 aromatic carbocycles. The lowest BCUT2D eigenvalue weighted by Gasteiger charge is -2.21. The maximum absolute atomic E-state index is 14.1. The topological polar surface area (TPSA) is 213 Å². The van der Waals surface area contributed by atoms with Crippen molar-refractivity contribution in [3.05, 3.63) is 103 Å². The number of oxazole rings is 2. The molecule has 2 fully saturated rings. The number of hydrogen-bond acceptors (Lipinski definition) is 15. The molecule has 12 rings (SSSR count). The zero-order valence-electron chi connectivity index (χ0n) is 39.5. The van der Waals surface area contributed by atoms with Crippen LogP contribution in [0, 0.1) is 16.7 Å². The van der Waals surface area contributed by atoms with Gasteiger partial charge in [-0.15, -0.1) is 0 Å². The lowest BCUT2D eigenvalue weighted by atomic mass is 10.0. The molecule has 2 saturated heterocycles. The van der Waals surface area contributed by atoms with Gasteiger partial charge >= 0.3 is 0 Å². The van der Waals surface area contributed by atoms with Crippen LogP contribution in [0.15, 0.2) is 107 Å². The second kappa shape index (κ2) is 21.1. The summed E-state index contributed by atoms with van der Waals surface area (Å²) < 4.78 is 50.1. The minimum atomic E-state index is -1.11. The van der Waals surface area contributed by atoms with Crippen molar-refractivity contribution >= 4 is 70.8 Å². The number of ether oxygens (including phenoxy) is 1. The number of nitrogens with zero attached hydrogens (tertiary/aromatic N) is 13. The third kappa shape index (κ3) is 10.7. The van der Waals surface area contributed by atoms with Gasteiger partial charge in [-0.2, -0.15) is 15.2 Å². The SMILES string of the molecule is C[Si](C)(C)CCOCn1ccc2c(-c3cnn(C(CF)[C@H]4CCNC4)c3)ncnc21.FCC([C@H]1CCN(c2nc3cccnc3o2)C1)n1cc(-c2ncnc3[nH]ccc23)cn1.S=c1[nH]c2cccnc2o1. The highest BCUT2D eigenvalue weighted by Crippen LogP contribution is 2.34. The van der Waals surface area contributed by atoms with Crippen LogP contribution in [0.2, 0.25) is 25.7 Å². The molecule has 0 spiro atoms. The number of fused-ring (bicyclic) bond motifs is 4. The van der Waals surface area contributed by atoms with Crippen LogP contribution in [0.1, 0.15) is 24.9 Å². The van der Waals surface area contributed by atoms with Crippen LogP contribution in [0.5, 0.6) is 0 Å². The maximum Gasteiger partial charge on any atom is 0.299 e. The third-order valence-electron chi connectivity index (χ3n) is 12.9. The molecule has 19 nitrogen and oxygen atoms in total. The highest BCUT2D eigenvalue weighted by atomic mass is 32.1. The van der Waals surface area contributed by atoms with Crippen LogP contribution in [0.25, 0.3) is 67.0 Å². The average Bonchev–Trinajstić information content (AvgIpc) is 4.23. The monoisotopic (exact) mass is 1000 g/mol. The van der Waals surface area contributed by atoms with Gasteiger partial charge in [-0.05, 0) is 80.0 Å². The third-order valence-corrected chi connectivity index (χ3v) is 14.8. The summed E-state index contributed by atoms with van der Waals surface area (Å²) in [5.74, 6) is 0.348. The lowest BCUT2D eigenvalue weighted by Crippen LogP contribution is -2.26. The first kappa shape index (κ1) is 47.6. The minimum Gasteiger partial charge on any atom is -0.410 e. The Hall–Kier alpha value is -7.08. The van der Waals surface area contributed by atoms with Crippen LogP contribution in [-0.2, 0) is 11.5 Å². The standard InChI is InChI=1S/C21H19FN8O.C21H31FN6OSi.C6H4N2OS/c22-8-17(13-4-7-29(10-13)21-28-16-2-1-5-24-20(16)31-21)30-11-14(9-27-30)18-15-3-6-23-19(15)26-12-25-18;1-30(2,3)9-8-29-15-27-7-5-18-20(24-14-25-21(18)27)17-12-26-28(13-17)19(10-22)16-4-6-23-11-16;10-6-8-4-2-1-3-7-5(4)9-6/h1-3,5-6,9,11-13,17H,4,7-8,10H2,(H,23,25,26);5,7,12-14,16,19,23H,4,6,8-11,15H2,1-3H3;1-3H,(H,8,10)/t13-,17?;16-,19?;/m00./s1. The second-order valence-electron chi connectivity index (χ2n) is 18.9. The molecule has 0 bridgehead atoms. The highest BCUT2D eigenvalue weighted by molar-refractivity contribution is 7.71. The van der Waals surface area contributed by atoms with Gasteiger partial charge in [0, 0.05) is 99.3 Å². The normalized spacial score (nSPS) is 16.9. The molecule has 2 aliphatic rings. The molecule has 0 saturated carbocycles. The number of rotatable bonds is 14. The molecule has 0 amide bonds. The predicted octanol–water partition coefficient (Wildman–Crippen LogP) is 9.01. The summed E-state index contributed by atoms with van der Waals surface area (Å²) in [5.41, 5.74) is 7.55. The summed E-state index contributed by atoms with van der Waals surface area (Å²) in [6.45, 7) is 10.5. The van der Waals surface area contributed by atoms with Gasteiger partial charge in [-0.1, -0.05) is 19.6 Å². The number of nitrogens with one attached hydrogen (secondary N) is 3. The van der Waals surface area contributed by atoms with E-state index in [1.807, 2.05) is 70.7 Å². The van der Waals surface area contributed by atoms with Crippen molar-refractivity contribution in [2.45, 2.75) is 57.3 Å². The summed E-state index contributed by atoms with van der Waals surface area (Å²) in [7, 11) is -1.11. The van der Waals surface area contributed by atoms with Gasteiger partial charge in [-0.25, -0.2) is 38.7 Å². The lowest BCUT2D eigenvalue weighted by molar-refractivity contribution is 0.0899. The van der Waals surface area contributed by atoms with Crippen molar-refractivity contribution in [2.75, 3.05) is 51.0 Å². The quantitative estimate of drug-likeness (QED) is 0.0527. The second-order valence-corrected chi connectivity index (χ2v) is 24.9. The Labute approximate surface area is 412 Å². The first-order valence-electron chi connectivity index (χ1n) is 23.6. The molecule has 368 valence electrons. The van der Waals surface area contributed by atoms with Gasteiger partial charge in [-0.3, -0.25) is 9.36 Å². The summed E-state index contributed by atoms with van der Waals surface area (Å²) in [6.07, 6.45) is 19.3. The number of alkyl halides is 2. The maximum atomic E-state index is 14.1. The van der Waals surface area contributed by atoms with Crippen molar-refractivity contribution in [3.63, 3.8) is 0 Å². The van der Waals surface area contributed by atoms with Crippen LogP contribution in [-0.4, -0.2) is 123 Å². The molecule has 10 aromatic heterocycles. The van der Waals surface area contributed by atoms with Crippen LogP contribution < -0.4 is 10.2 Å². The molecule has 2 unspecified atom stereocenters. The summed E-state index contributed by atoms with van der Waals surface area (Å²) in [4.78, 5) is 38.6. The molecule has 10 aromatic rings. The van der Waals surface area contributed by atoms with Crippen molar-refractivity contribution in [1.29, 1.82) is 0 Å². The molecule has 0 aliphatic carbocycles. The van der Waals surface area contributed by atoms with E-state index in [1.54, 1.807) is 40.5 Å². The molecular weight excluding hydrogens is 947 g/mol. The van der Waals surface area contributed by atoms with Crippen LogP contribution in [0.4, 0.5) is 14.8 Å². The number of aromatic nitrogens is 14. The minimum absolute atomic E-state index is 0.0819. The molecule has 71 heavy (non-hydrogen) atoms. The first-order valence-corrected chi connectivity index (χ1v) is 27.7. The zero-order valence-corrected chi connectivity index (χ0v) is 41.3. The summed E-state index contributed by atoms with van der Waals surface area (Å²) >= 11 is 4.75. The molecule has 2 aliphatic heterocycles. The number of hydrogen-bond donors (Lipinski definition) is 3. The van der Waals surface area contributed by atoms with Gasteiger partial charge in [0.15, 0.2) is 0 Å². The zero-order chi connectivity index (χ0) is 48.9. The number of halogens is 2. The Morgan fingerprint density at radius 3 is 2.28 bits per heavy atom. The Balaban J connectivity index is 0.000000137. The molecule has 3 N–H and O–H groups in total. The van der Waals surface area contributed by atoms with Crippen molar-refractivity contribution < 1.29 is 22.4 Å². The highest BCUT2D eigenvalue weighted by Gasteiger charge is 2.34. The van der Waals surface area contributed by atoms with Gasteiger partial charge in [0.2, 0.25) is 11.4 Å². The summed E-state index contributed by atoms with van der Waals surface area (Å²) in [6, 6.07) is 12.4. The molecule has 12 heterocycles. The van der Waals surface area contributed by atoms with E-state index in [2.05, 4.69) is 80.0 Å². The van der Waals surface area contributed by atoms with E-state index >= 15 is 0 Å². The average molecular weight is 1000 g/mol. The van der Waals surface area contributed by atoms with E-state index in [0.717, 1.165) is 101 Å². The van der Waals surface area contributed by atoms with Crippen molar-refractivity contribution in [2.24, 2.45) is 11.8 Å². The predicted molar refractivity (Wildman–Crippen MR) is 270 cm³/mol. The Morgan fingerprint density at radius 1 is 0.831 bits per heavy atom. The van der Waals surface area contributed by atoms with Crippen LogP contribution >= 0.6 is 12.2 Å². The number of anilines is 1. The molecular formula is C48H54F2N16O3SSi. The van der Waals surface area contributed by atoms with Gasteiger partial charge in [0.05, 0.1) is 35.9 Å².